The largest absolute Gasteiger partial charge is 0.349 e. The molecule has 2 aromatic rings. The Labute approximate surface area is 146 Å². The van der Waals surface area contributed by atoms with Gasteiger partial charge in [0.2, 0.25) is 0 Å². The maximum atomic E-state index is 14.3. The van der Waals surface area contributed by atoms with Crippen LogP contribution in [-0.2, 0) is 7.05 Å². The van der Waals surface area contributed by atoms with Crippen molar-refractivity contribution in [3.05, 3.63) is 59.2 Å². The molecule has 0 bridgehead atoms. The standard InChI is InChI=1S/C19H21FN4O/c1-23-13-14(11-21)10-17(23)19(25)22-12-18(24-8-4-5-9-24)15-6-2-3-7-16(15)20/h2-3,6-7,10,13,18H,4-5,8-9,12H2,1H3,(H,22,25)/t18-/m0/s1. The zero-order valence-electron chi connectivity index (χ0n) is 14.2. The molecule has 5 nitrogen and oxygen atoms in total. The second-order valence-corrected chi connectivity index (χ2v) is 6.33. The Bertz CT molecular complexity index is 802. The van der Waals surface area contributed by atoms with E-state index in [1.165, 1.54) is 6.07 Å². The zero-order valence-corrected chi connectivity index (χ0v) is 14.2. The van der Waals surface area contributed by atoms with Gasteiger partial charge in [-0.05, 0) is 38.1 Å². The Morgan fingerprint density at radius 2 is 2.08 bits per heavy atom. The monoisotopic (exact) mass is 340 g/mol. The average Bonchev–Trinajstić information content (AvgIpc) is 3.26. The highest BCUT2D eigenvalue weighted by atomic mass is 19.1. The number of hydrogen-bond acceptors (Lipinski definition) is 3. The number of rotatable bonds is 5. The van der Waals surface area contributed by atoms with Crippen molar-refractivity contribution in [3.8, 4) is 6.07 Å². The van der Waals surface area contributed by atoms with Crippen molar-refractivity contribution < 1.29 is 9.18 Å². The minimum atomic E-state index is -0.260. The van der Waals surface area contributed by atoms with E-state index in [0.717, 1.165) is 25.9 Å². The molecule has 0 unspecified atom stereocenters. The number of carbonyl (C=O) groups is 1. The average molecular weight is 340 g/mol. The lowest BCUT2D eigenvalue weighted by molar-refractivity contribution is 0.0929. The molecule has 0 saturated carbocycles. The predicted octanol–water partition coefficient (Wildman–Crippen LogP) is 2.60. The highest BCUT2D eigenvalue weighted by Crippen LogP contribution is 2.26. The number of hydrogen-bond donors (Lipinski definition) is 1. The fourth-order valence-electron chi connectivity index (χ4n) is 3.37. The number of nitriles is 1. The van der Waals surface area contributed by atoms with Crippen molar-refractivity contribution in [1.29, 1.82) is 5.26 Å². The summed E-state index contributed by atoms with van der Waals surface area (Å²) in [6, 6.07) is 10.1. The van der Waals surface area contributed by atoms with Crippen molar-refractivity contribution in [2.75, 3.05) is 19.6 Å². The third kappa shape index (κ3) is 3.72. The van der Waals surface area contributed by atoms with E-state index in [-0.39, 0.29) is 17.8 Å². The number of nitrogens with zero attached hydrogens (tertiary/aromatic N) is 3. The van der Waals surface area contributed by atoms with Crippen LogP contribution in [0, 0.1) is 17.1 Å². The van der Waals surface area contributed by atoms with Crippen LogP contribution in [0.5, 0.6) is 0 Å². The lowest BCUT2D eigenvalue weighted by atomic mass is 10.0. The van der Waals surface area contributed by atoms with E-state index in [0.29, 0.717) is 23.4 Å². The van der Waals surface area contributed by atoms with Crippen LogP contribution in [0.3, 0.4) is 0 Å². The van der Waals surface area contributed by atoms with Crippen LogP contribution in [-0.4, -0.2) is 35.0 Å². The van der Waals surface area contributed by atoms with Crippen molar-refractivity contribution in [1.82, 2.24) is 14.8 Å². The summed E-state index contributed by atoms with van der Waals surface area (Å²) in [5.41, 5.74) is 1.47. The highest BCUT2D eigenvalue weighted by Gasteiger charge is 2.26. The first-order chi connectivity index (χ1) is 12.1. The van der Waals surface area contributed by atoms with Gasteiger partial charge < -0.3 is 9.88 Å². The van der Waals surface area contributed by atoms with E-state index in [2.05, 4.69) is 10.2 Å². The normalized spacial score (nSPS) is 15.7. The summed E-state index contributed by atoms with van der Waals surface area (Å²) in [4.78, 5) is 14.7. The van der Waals surface area contributed by atoms with Crippen molar-refractivity contribution >= 4 is 5.91 Å². The Kier molecular flexibility index (Phi) is 5.15. The van der Waals surface area contributed by atoms with Crippen LogP contribution in [0.25, 0.3) is 0 Å². The molecular formula is C19H21FN4O. The molecule has 2 heterocycles. The molecule has 25 heavy (non-hydrogen) atoms. The predicted molar refractivity (Wildman–Crippen MR) is 92.4 cm³/mol. The molecule has 0 aliphatic carbocycles. The van der Waals surface area contributed by atoms with Crippen molar-refractivity contribution in [3.63, 3.8) is 0 Å². The molecule has 1 atom stereocenters. The van der Waals surface area contributed by atoms with Gasteiger partial charge in [0.15, 0.2) is 0 Å². The summed E-state index contributed by atoms with van der Waals surface area (Å²) in [5.74, 6) is -0.510. The van der Waals surface area contributed by atoms with E-state index < -0.39 is 0 Å². The zero-order chi connectivity index (χ0) is 17.8. The first-order valence-electron chi connectivity index (χ1n) is 8.43. The van der Waals surface area contributed by atoms with Crippen molar-refractivity contribution in [2.45, 2.75) is 18.9 Å². The molecule has 1 fully saturated rings. The third-order valence-electron chi connectivity index (χ3n) is 4.67. The van der Waals surface area contributed by atoms with Gasteiger partial charge in [0, 0.05) is 25.4 Å². The molecule has 1 N–H and O–H groups in total. The molecular weight excluding hydrogens is 319 g/mol. The molecule has 0 radical (unpaired) electrons. The van der Waals surface area contributed by atoms with E-state index in [4.69, 9.17) is 5.26 Å². The molecule has 1 aliphatic rings. The van der Waals surface area contributed by atoms with Gasteiger partial charge in [-0.25, -0.2) is 4.39 Å². The van der Waals surface area contributed by atoms with Crippen LogP contribution < -0.4 is 5.32 Å². The third-order valence-corrected chi connectivity index (χ3v) is 4.67. The summed E-state index contributed by atoms with van der Waals surface area (Å²) in [6.45, 7) is 2.13. The van der Waals surface area contributed by atoms with Gasteiger partial charge in [-0.1, -0.05) is 18.2 Å². The number of halogens is 1. The number of aromatic nitrogens is 1. The van der Waals surface area contributed by atoms with Gasteiger partial charge in [-0.15, -0.1) is 0 Å². The number of benzene rings is 1. The van der Waals surface area contributed by atoms with Gasteiger partial charge >= 0.3 is 0 Å². The fraction of sp³-hybridized carbons (Fsp3) is 0.368. The first kappa shape index (κ1) is 17.2. The molecule has 1 aliphatic heterocycles. The number of amides is 1. The van der Waals surface area contributed by atoms with Crippen LogP contribution in [0.4, 0.5) is 4.39 Å². The first-order valence-corrected chi connectivity index (χ1v) is 8.43. The second kappa shape index (κ2) is 7.49. The maximum Gasteiger partial charge on any atom is 0.268 e. The van der Waals surface area contributed by atoms with E-state index in [9.17, 15) is 9.18 Å². The summed E-state index contributed by atoms with van der Waals surface area (Å²) in [5, 5.41) is 11.9. The van der Waals surface area contributed by atoms with Gasteiger partial charge in [-0.2, -0.15) is 5.26 Å². The van der Waals surface area contributed by atoms with E-state index >= 15 is 0 Å². The topological polar surface area (TPSA) is 61.1 Å². The molecule has 0 spiro atoms. The van der Waals surface area contributed by atoms with Crippen LogP contribution in [0.15, 0.2) is 36.5 Å². The fourth-order valence-corrected chi connectivity index (χ4v) is 3.37. The summed E-state index contributed by atoms with van der Waals surface area (Å²) >= 11 is 0. The van der Waals surface area contributed by atoms with Gasteiger partial charge in [0.05, 0.1) is 11.6 Å². The second-order valence-electron chi connectivity index (χ2n) is 6.33. The molecule has 1 amide bonds. The Hall–Kier alpha value is -2.65. The summed E-state index contributed by atoms with van der Waals surface area (Å²) in [6.07, 6.45) is 3.79. The number of aryl methyl sites for hydroxylation is 1. The van der Waals surface area contributed by atoms with E-state index in [1.807, 2.05) is 12.1 Å². The number of likely N-dealkylation sites (tertiary alicyclic amines) is 1. The van der Waals surface area contributed by atoms with Gasteiger partial charge in [0.25, 0.3) is 5.91 Å². The lowest BCUT2D eigenvalue weighted by Gasteiger charge is -2.28. The summed E-state index contributed by atoms with van der Waals surface area (Å²) in [7, 11) is 1.73. The Morgan fingerprint density at radius 3 is 2.72 bits per heavy atom. The molecule has 1 saturated heterocycles. The molecule has 130 valence electrons. The highest BCUT2D eigenvalue weighted by molar-refractivity contribution is 5.93. The van der Waals surface area contributed by atoms with Crippen molar-refractivity contribution in [2.24, 2.45) is 7.05 Å². The van der Waals surface area contributed by atoms with Crippen LogP contribution in [0.1, 0.15) is 40.5 Å². The number of carbonyl (C=O) groups excluding carboxylic acids is 1. The molecule has 3 rings (SSSR count). The SMILES string of the molecule is Cn1cc(C#N)cc1C(=O)NC[C@@H](c1ccccc1F)N1CCCC1. The Balaban J connectivity index is 1.76. The minimum Gasteiger partial charge on any atom is -0.349 e. The van der Waals surface area contributed by atoms with E-state index in [1.54, 1.807) is 36.0 Å². The van der Waals surface area contributed by atoms with Crippen LogP contribution in [0.2, 0.25) is 0 Å². The molecule has 6 heteroatoms. The van der Waals surface area contributed by atoms with Gasteiger partial charge in [0.1, 0.15) is 17.6 Å². The van der Waals surface area contributed by atoms with Gasteiger partial charge in [-0.3, -0.25) is 9.69 Å². The number of nitrogens with one attached hydrogen (secondary N) is 1. The molecule has 1 aromatic heterocycles. The van der Waals surface area contributed by atoms with Crippen LogP contribution >= 0.6 is 0 Å². The quantitative estimate of drug-likeness (QED) is 0.910. The minimum absolute atomic E-state index is 0.191. The smallest absolute Gasteiger partial charge is 0.268 e. The summed E-state index contributed by atoms with van der Waals surface area (Å²) < 4.78 is 15.9. The maximum absolute atomic E-state index is 14.3. The molecule has 1 aromatic carbocycles. The Morgan fingerprint density at radius 1 is 1.36 bits per heavy atom. The lowest BCUT2D eigenvalue weighted by Crippen LogP contribution is -2.37.